The van der Waals surface area contributed by atoms with Crippen molar-refractivity contribution in [3.05, 3.63) is 101 Å². The van der Waals surface area contributed by atoms with Crippen LogP contribution in [-0.4, -0.2) is 18.0 Å². The summed E-state index contributed by atoms with van der Waals surface area (Å²) in [6, 6.07) is 25.0. The number of rotatable bonds is 4. The molecule has 0 aliphatic rings. The van der Waals surface area contributed by atoms with E-state index in [0.29, 0.717) is 22.5 Å². The van der Waals surface area contributed by atoms with E-state index in [9.17, 15) is 9.59 Å². The average molecular weight is 422 g/mol. The summed E-state index contributed by atoms with van der Waals surface area (Å²) in [6.45, 7) is 0. The highest BCUT2D eigenvalue weighted by atomic mass is 16.5. The Kier molecular flexibility index (Phi) is 4.88. The van der Waals surface area contributed by atoms with Crippen LogP contribution in [-0.2, 0) is 0 Å². The second-order valence-corrected chi connectivity index (χ2v) is 7.26. The quantitative estimate of drug-likeness (QED) is 0.399. The number of carbonyl (C=O) groups is 1. The molecule has 0 saturated carbocycles. The van der Waals surface area contributed by atoms with E-state index < -0.39 is 5.63 Å². The summed E-state index contributed by atoms with van der Waals surface area (Å²) in [5.41, 5.74) is 3.47. The molecule has 0 fully saturated rings. The number of methoxy groups -OCH3 is 1. The molecule has 1 amide bonds. The summed E-state index contributed by atoms with van der Waals surface area (Å²) in [5, 5.41) is 4.43. The lowest BCUT2D eigenvalue weighted by Crippen LogP contribution is -2.13. The van der Waals surface area contributed by atoms with Gasteiger partial charge in [-0.05, 0) is 60.7 Å². The summed E-state index contributed by atoms with van der Waals surface area (Å²) < 4.78 is 10.4. The molecule has 2 heterocycles. The molecule has 0 radical (unpaired) electrons. The van der Waals surface area contributed by atoms with E-state index in [2.05, 4.69) is 5.32 Å². The van der Waals surface area contributed by atoms with E-state index in [1.807, 2.05) is 48.5 Å². The van der Waals surface area contributed by atoms with E-state index in [1.165, 1.54) is 6.07 Å². The van der Waals surface area contributed by atoms with Crippen molar-refractivity contribution in [1.29, 1.82) is 0 Å². The average Bonchev–Trinajstić information content (AvgIpc) is 2.83. The van der Waals surface area contributed by atoms with Gasteiger partial charge in [0.25, 0.3) is 5.91 Å². The van der Waals surface area contributed by atoms with Gasteiger partial charge in [-0.25, -0.2) is 9.78 Å². The molecule has 5 rings (SSSR count). The van der Waals surface area contributed by atoms with Crippen LogP contribution in [0.15, 0.2) is 94.1 Å². The lowest BCUT2D eigenvalue weighted by Gasteiger charge is -2.11. The molecule has 6 heteroatoms. The normalized spacial score (nSPS) is 10.9. The molecule has 3 aromatic carbocycles. The number of para-hydroxylation sites is 1. The van der Waals surface area contributed by atoms with Gasteiger partial charge in [0.15, 0.2) is 0 Å². The van der Waals surface area contributed by atoms with Crippen molar-refractivity contribution in [3.63, 3.8) is 0 Å². The van der Waals surface area contributed by atoms with Gasteiger partial charge in [0, 0.05) is 28.1 Å². The van der Waals surface area contributed by atoms with Gasteiger partial charge in [-0.3, -0.25) is 4.79 Å². The number of amides is 1. The predicted octanol–water partition coefficient (Wildman–Crippen LogP) is 5.27. The molecule has 0 bridgehead atoms. The number of hydrogen-bond acceptors (Lipinski definition) is 5. The maximum atomic E-state index is 13.3. The number of hydrogen-bond donors (Lipinski definition) is 1. The topological polar surface area (TPSA) is 81.4 Å². The molecule has 2 aromatic heterocycles. The number of pyridine rings is 1. The number of fused-ring (bicyclic) bond motifs is 2. The lowest BCUT2D eigenvalue weighted by molar-refractivity contribution is 0.102. The summed E-state index contributed by atoms with van der Waals surface area (Å²) >= 11 is 0. The van der Waals surface area contributed by atoms with E-state index in [0.717, 1.165) is 27.6 Å². The van der Waals surface area contributed by atoms with Crippen LogP contribution in [0.4, 0.5) is 5.69 Å². The molecule has 0 saturated heterocycles. The second kappa shape index (κ2) is 8.00. The third-order valence-corrected chi connectivity index (χ3v) is 5.22. The summed E-state index contributed by atoms with van der Waals surface area (Å²) in [6.07, 6.45) is 0. The molecule has 0 unspecified atom stereocenters. The minimum atomic E-state index is -0.413. The Balaban J connectivity index is 1.55. The number of aromatic nitrogens is 1. The Labute approximate surface area is 183 Å². The first-order valence-corrected chi connectivity index (χ1v) is 10.0. The van der Waals surface area contributed by atoms with Crippen molar-refractivity contribution in [2.45, 2.75) is 0 Å². The fourth-order valence-corrected chi connectivity index (χ4v) is 3.62. The van der Waals surface area contributed by atoms with Gasteiger partial charge in [0.05, 0.1) is 23.9 Å². The zero-order valence-electron chi connectivity index (χ0n) is 17.2. The fourth-order valence-electron chi connectivity index (χ4n) is 3.62. The Morgan fingerprint density at radius 1 is 0.938 bits per heavy atom. The van der Waals surface area contributed by atoms with Crippen molar-refractivity contribution < 1.29 is 13.9 Å². The first kappa shape index (κ1) is 19.5. The Hall–Kier alpha value is -4.45. The first-order valence-electron chi connectivity index (χ1n) is 10.0. The van der Waals surface area contributed by atoms with E-state index in [4.69, 9.17) is 14.1 Å². The van der Waals surface area contributed by atoms with Gasteiger partial charge in [-0.2, -0.15) is 0 Å². The molecule has 32 heavy (non-hydrogen) atoms. The maximum absolute atomic E-state index is 13.3. The highest BCUT2D eigenvalue weighted by Crippen LogP contribution is 2.27. The van der Waals surface area contributed by atoms with Crippen LogP contribution < -0.4 is 15.7 Å². The van der Waals surface area contributed by atoms with Crippen molar-refractivity contribution in [1.82, 2.24) is 4.98 Å². The minimum Gasteiger partial charge on any atom is -0.497 e. The number of nitrogens with one attached hydrogen (secondary N) is 1. The Morgan fingerprint density at radius 3 is 2.56 bits per heavy atom. The summed E-state index contributed by atoms with van der Waals surface area (Å²) in [5.74, 6) is 0.495. The molecule has 156 valence electrons. The van der Waals surface area contributed by atoms with E-state index in [-0.39, 0.29) is 5.91 Å². The molecule has 0 aliphatic heterocycles. The van der Waals surface area contributed by atoms with Crippen molar-refractivity contribution in [3.8, 4) is 17.0 Å². The second-order valence-electron chi connectivity index (χ2n) is 7.26. The fraction of sp³-hybridized carbons (Fsp3) is 0.0385. The van der Waals surface area contributed by atoms with Crippen molar-refractivity contribution >= 4 is 33.5 Å². The highest BCUT2D eigenvalue weighted by Gasteiger charge is 2.15. The number of nitrogens with zero attached hydrogens (tertiary/aromatic N) is 1. The van der Waals surface area contributed by atoms with Gasteiger partial charge >= 0.3 is 5.63 Å². The zero-order valence-corrected chi connectivity index (χ0v) is 17.2. The monoisotopic (exact) mass is 422 g/mol. The Morgan fingerprint density at radius 2 is 1.75 bits per heavy atom. The standard InChI is InChI=1S/C26H18N2O4/c1-31-19-10-6-16(7-11-19)23-15-21(20-4-2-3-5-22(20)28-23)26(30)27-18-9-12-24-17(14-18)8-13-25(29)32-24/h2-15H,1H3,(H,27,30). The van der Waals surface area contributed by atoms with Crippen LogP contribution in [0, 0.1) is 0 Å². The number of anilines is 1. The molecular weight excluding hydrogens is 404 g/mol. The molecule has 0 spiro atoms. The van der Waals surface area contributed by atoms with Crippen molar-refractivity contribution in [2.24, 2.45) is 0 Å². The third kappa shape index (κ3) is 3.70. The van der Waals surface area contributed by atoms with Crippen LogP contribution in [0.5, 0.6) is 5.75 Å². The minimum absolute atomic E-state index is 0.255. The smallest absolute Gasteiger partial charge is 0.336 e. The molecule has 5 aromatic rings. The number of carbonyl (C=O) groups excluding carboxylic acids is 1. The van der Waals surface area contributed by atoms with E-state index >= 15 is 0 Å². The molecule has 1 N–H and O–H groups in total. The van der Waals surface area contributed by atoms with Gasteiger partial charge in [0.1, 0.15) is 11.3 Å². The van der Waals surface area contributed by atoms with Gasteiger partial charge in [-0.15, -0.1) is 0 Å². The van der Waals surface area contributed by atoms with E-state index in [1.54, 1.807) is 37.4 Å². The largest absolute Gasteiger partial charge is 0.497 e. The SMILES string of the molecule is COc1ccc(-c2cc(C(=O)Nc3ccc4oc(=O)ccc4c3)c3ccccc3n2)cc1. The summed E-state index contributed by atoms with van der Waals surface area (Å²) in [4.78, 5) is 29.4. The number of benzene rings is 3. The first-order chi connectivity index (χ1) is 15.6. The van der Waals surface area contributed by atoms with Crippen LogP contribution in [0.1, 0.15) is 10.4 Å². The molecular formula is C26H18N2O4. The zero-order chi connectivity index (χ0) is 22.1. The van der Waals surface area contributed by atoms with Crippen LogP contribution in [0.3, 0.4) is 0 Å². The molecule has 6 nitrogen and oxygen atoms in total. The third-order valence-electron chi connectivity index (χ3n) is 5.22. The number of ether oxygens (including phenoxy) is 1. The van der Waals surface area contributed by atoms with Crippen LogP contribution >= 0.6 is 0 Å². The van der Waals surface area contributed by atoms with Gasteiger partial charge in [0.2, 0.25) is 0 Å². The predicted molar refractivity (Wildman–Crippen MR) is 124 cm³/mol. The maximum Gasteiger partial charge on any atom is 0.336 e. The summed E-state index contributed by atoms with van der Waals surface area (Å²) in [7, 11) is 1.62. The van der Waals surface area contributed by atoms with Crippen molar-refractivity contribution in [2.75, 3.05) is 12.4 Å². The Bertz CT molecular complexity index is 1520. The van der Waals surface area contributed by atoms with Gasteiger partial charge in [-0.1, -0.05) is 18.2 Å². The lowest BCUT2D eigenvalue weighted by atomic mass is 10.0. The highest BCUT2D eigenvalue weighted by molar-refractivity contribution is 6.13. The molecule has 0 aliphatic carbocycles. The molecule has 0 atom stereocenters. The van der Waals surface area contributed by atoms with Crippen LogP contribution in [0.25, 0.3) is 33.1 Å². The van der Waals surface area contributed by atoms with Gasteiger partial charge < -0.3 is 14.5 Å². The van der Waals surface area contributed by atoms with Crippen LogP contribution in [0.2, 0.25) is 0 Å².